The second-order valence-electron chi connectivity index (χ2n) is 4.88. The number of nitrogens with two attached hydrogens (primary N) is 1. The van der Waals surface area contributed by atoms with Crippen LogP contribution in [0.2, 0.25) is 0 Å². The normalized spacial score (nSPS) is 19.3. The van der Waals surface area contributed by atoms with Gasteiger partial charge in [-0.25, -0.2) is 9.67 Å². The second-order valence-corrected chi connectivity index (χ2v) is 4.88. The molecule has 2 N–H and O–H groups in total. The molecular formula is C12H20IN7. The van der Waals surface area contributed by atoms with Crippen LogP contribution in [0.15, 0.2) is 11.3 Å². The van der Waals surface area contributed by atoms with Crippen molar-refractivity contribution >= 4 is 29.9 Å². The first-order valence-corrected chi connectivity index (χ1v) is 6.53. The molecule has 110 valence electrons. The maximum absolute atomic E-state index is 8.62. The summed E-state index contributed by atoms with van der Waals surface area (Å²) in [6.07, 6.45) is 3.97. The van der Waals surface area contributed by atoms with Crippen LogP contribution in [-0.4, -0.2) is 45.3 Å². The van der Waals surface area contributed by atoms with E-state index in [1.807, 2.05) is 6.07 Å². The van der Waals surface area contributed by atoms with Gasteiger partial charge in [-0.1, -0.05) is 6.92 Å². The van der Waals surface area contributed by atoms with Gasteiger partial charge in [0.05, 0.1) is 13.1 Å². The van der Waals surface area contributed by atoms with Crippen molar-refractivity contribution in [2.75, 3.05) is 19.6 Å². The number of rotatable bonds is 3. The van der Waals surface area contributed by atoms with Crippen LogP contribution in [-0.2, 0) is 6.54 Å². The van der Waals surface area contributed by atoms with E-state index in [0.717, 1.165) is 13.1 Å². The Morgan fingerprint density at radius 3 is 3.10 bits per heavy atom. The summed E-state index contributed by atoms with van der Waals surface area (Å²) < 4.78 is 1.61. The van der Waals surface area contributed by atoms with Gasteiger partial charge < -0.3 is 10.6 Å². The van der Waals surface area contributed by atoms with Crippen molar-refractivity contribution in [1.29, 1.82) is 5.26 Å². The fraction of sp³-hybridized carbons (Fsp3) is 0.667. The number of hydrogen-bond donors (Lipinski definition) is 1. The van der Waals surface area contributed by atoms with Crippen molar-refractivity contribution in [2.45, 2.75) is 26.3 Å². The first-order valence-electron chi connectivity index (χ1n) is 6.53. The topological polar surface area (TPSA) is 96.1 Å². The molecule has 0 spiro atoms. The van der Waals surface area contributed by atoms with Crippen LogP contribution in [0.3, 0.4) is 0 Å². The van der Waals surface area contributed by atoms with Crippen LogP contribution >= 0.6 is 24.0 Å². The van der Waals surface area contributed by atoms with Gasteiger partial charge in [0.25, 0.3) is 5.82 Å². The molecule has 0 aliphatic carbocycles. The van der Waals surface area contributed by atoms with Gasteiger partial charge >= 0.3 is 0 Å². The minimum absolute atomic E-state index is 0. The Morgan fingerprint density at radius 2 is 2.45 bits per heavy atom. The van der Waals surface area contributed by atoms with E-state index in [0.29, 0.717) is 25.0 Å². The van der Waals surface area contributed by atoms with Gasteiger partial charge in [0.2, 0.25) is 0 Å². The number of likely N-dealkylation sites (tertiary alicyclic amines) is 1. The van der Waals surface area contributed by atoms with Crippen LogP contribution in [0, 0.1) is 17.2 Å². The third kappa shape index (κ3) is 4.63. The first kappa shape index (κ1) is 16.7. The maximum atomic E-state index is 8.62. The number of nitriles is 1. The van der Waals surface area contributed by atoms with Gasteiger partial charge in [-0.15, -0.1) is 29.1 Å². The molecule has 1 aliphatic heterocycles. The maximum Gasteiger partial charge on any atom is 0.252 e. The second kappa shape index (κ2) is 8.04. The standard InChI is InChI=1S/C12H19N7.HI/c1-10-3-2-5-18(8-10)12(14)15-4-6-19-9-16-11(7-13)17-19;/h9-10H,2-6,8H2,1H3,(H2,14,15);1H. The summed E-state index contributed by atoms with van der Waals surface area (Å²) >= 11 is 0. The summed E-state index contributed by atoms with van der Waals surface area (Å²) in [5.74, 6) is 1.46. The molecule has 1 unspecified atom stereocenters. The zero-order chi connectivity index (χ0) is 13.7. The minimum atomic E-state index is 0. The van der Waals surface area contributed by atoms with Gasteiger partial charge in [-0.3, -0.25) is 4.99 Å². The Kier molecular flexibility index (Phi) is 6.70. The van der Waals surface area contributed by atoms with Gasteiger partial charge in [-0.05, 0) is 18.8 Å². The first-order chi connectivity index (χ1) is 9.19. The predicted molar refractivity (Wildman–Crippen MR) is 86.6 cm³/mol. The molecule has 1 saturated heterocycles. The summed E-state index contributed by atoms with van der Waals surface area (Å²) in [5.41, 5.74) is 5.98. The third-order valence-electron chi connectivity index (χ3n) is 3.22. The Balaban J connectivity index is 0.00000200. The quantitative estimate of drug-likeness (QED) is 0.469. The van der Waals surface area contributed by atoms with E-state index in [9.17, 15) is 0 Å². The molecule has 20 heavy (non-hydrogen) atoms. The highest BCUT2D eigenvalue weighted by molar-refractivity contribution is 14.0. The lowest BCUT2D eigenvalue weighted by molar-refractivity contribution is 0.270. The molecule has 0 bridgehead atoms. The van der Waals surface area contributed by atoms with Gasteiger partial charge in [0.15, 0.2) is 5.96 Å². The van der Waals surface area contributed by atoms with E-state index in [4.69, 9.17) is 11.0 Å². The molecule has 2 heterocycles. The van der Waals surface area contributed by atoms with Crippen molar-refractivity contribution in [3.8, 4) is 6.07 Å². The zero-order valence-electron chi connectivity index (χ0n) is 11.6. The Labute approximate surface area is 135 Å². The summed E-state index contributed by atoms with van der Waals surface area (Å²) in [5, 5.41) is 12.6. The molecular weight excluding hydrogens is 369 g/mol. The zero-order valence-corrected chi connectivity index (χ0v) is 13.9. The molecule has 1 aliphatic rings. The van der Waals surface area contributed by atoms with E-state index in [2.05, 4.69) is 26.9 Å². The van der Waals surface area contributed by atoms with E-state index in [1.165, 1.54) is 19.2 Å². The highest BCUT2D eigenvalue weighted by Gasteiger charge is 2.17. The minimum Gasteiger partial charge on any atom is -0.370 e. The Hall–Kier alpha value is -1.37. The van der Waals surface area contributed by atoms with E-state index in [-0.39, 0.29) is 29.8 Å². The molecule has 0 aromatic carbocycles. The van der Waals surface area contributed by atoms with Crippen molar-refractivity contribution in [3.63, 3.8) is 0 Å². The van der Waals surface area contributed by atoms with Crippen molar-refractivity contribution < 1.29 is 0 Å². The van der Waals surface area contributed by atoms with Crippen molar-refractivity contribution in [3.05, 3.63) is 12.2 Å². The molecule has 1 fully saturated rings. The molecule has 1 aromatic heterocycles. The number of piperidine rings is 1. The molecule has 2 rings (SSSR count). The van der Waals surface area contributed by atoms with Crippen LogP contribution < -0.4 is 5.73 Å². The average Bonchev–Trinajstić information content (AvgIpc) is 2.86. The fourth-order valence-electron chi connectivity index (χ4n) is 2.22. The highest BCUT2D eigenvalue weighted by Crippen LogP contribution is 2.14. The lowest BCUT2D eigenvalue weighted by atomic mass is 10.0. The number of aromatic nitrogens is 3. The van der Waals surface area contributed by atoms with Crippen LogP contribution in [0.25, 0.3) is 0 Å². The SMILES string of the molecule is CC1CCCN(C(N)=NCCn2cnc(C#N)n2)C1.I. The number of hydrogen-bond acceptors (Lipinski definition) is 4. The average molecular weight is 389 g/mol. The van der Waals surface area contributed by atoms with Crippen LogP contribution in [0.1, 0.15) is 25.6 Å². The van der Waals surface area contributed by atoms with Crippen molar-refractivity contribution in [2.24, 2.45) is 16.6 Å². The molecule has 8 heteroatoms. The predicted octanol–water partition coefficient (Wildman–Crippen LogP) is 0.814. The monoisotopic (exact) mass is 389 g/mol. The van der Waals surface area contributed by atoms with Crippen LogP contribution in [0.5, 0.6) is 0 Å². The molecule has 1 atom stereocenters. The summed E-state index contributed by atoms with van der Waals surface area (Å²) in [4.78, 5) is 10.3. The number of halogens is 1. The molecule has 0 saturated carbocycles. The van der Waals surface area contributed by atoms with E-state index in [1.54, 1.807) is 4.68 Å². The largest absolute Gasteiger partial charge is 0.370 e. The number of guanidine groups is 1. The highest BCUT2D eigenvalue weighted by atomic mass is 127. The lowest BCUT2D eigenvalue weighted by Crippen LogP contribution is -2.43. The number of aliphatic imine (C=N–C) groups is 1. The fourth-order valence-corrected chi connectivity index (χ4v) is 2.22. The summed E-state index contributed by atoms with van der Waals surface area (Å²) in [6.45, 7) is 5.33. The van der Waals surface area contributed by atoms with E-state index >= 15 is 0 Å². The summed E-state index contributed by atoms with van der Waals surface area (Å²) in [6, 6.07) is 1.89. The molecule has 7 nitrogen and oxygen atoms in total. The Bertz CT molecular complexity index is 490. The smallest absolute Gasteiger partial charge is 0.252 e. The summed E-state index contributed by atoms with van der Waals surface area (Å²) in [7, 11) is 0. The third-order valence-corrected chi connectivity index (χ3v) is 3.22. The van der Waals surface area contributed by atoms with Gasteiger partial charge in [-0.2, -0.15) is 5.26 Å². The van der Waals surface area contributed by atoms with Crippen molar-refractivity contribution in [1.82, 2.24) is 19.7 Å². The molecule has 0 amide bonds. The van der Waals surface area contributed by atoms with Crippen LogP contribution in [0.4, 0.5) is 0 Å². The molecule has 0 radical (unpaired) electrons. The van der Waals surface area contributed by atoms with E-state index < -0.39 is 0 Å². The Morgan fingerprint density at radius 1 is 1.65 bits per heavy atom. The van der Waals surface area contributed by atoms with Gasteiger partial charge in [0.1, 0.15) is 12.4 Å². The van der Waals surface area contributed by atoms with Gasteiger partial charge in [0, 0.05) is 13.1 Å². The number of nitrogens with zero attached hydrogens (tertiary/aromatic N) is 6. The molecule has 1 aromatic rings. The lowest BCUT2D eigenvalue weighted by Gasteiger charge is -2.31.